The molecule has 5 unspecified atom stereocenters. The number of aromatic nitrogens is 8. The number of fused-ring (bicyclic) bond motifs is 6. The Morgan fingerprint density at radius 1 is 0.805 bits per heavy atom. The van der Waals surface area contributed by atoms with Crippen LogP contribution < -0.4 is 0 Å². The van der Waals surface area contributed by atoms with Gasteiger partial charge < -0.3 is 19.5 Å². The largest absolute Gasteiger partial charge is 0.504 e. The second-order valence-corrected chi connectivity index (χ2v) is 11.6. The van der Waals surface area contributed by atoms with Crippen LogP contribution in [0.2, 0.25) is 0 Å². The second kappa shape index (κ2) is 10.2. The van der Waals surface area contributed by atoms with Gasteiger partial charge in [-0.1, -0.05) is 13.8 Å². The van der Waals surface area contributed by atoms with E-state index >= 15 is 0 Å². The quantitative estimate of drug-likeness (QED) is 0.212. The molecule has 6 aromatic rings. The molecule has 6 aromatic heterocycles. The van der Waals surface area contributed by atoms with Gasteiger partial charge in [-0.15, -0.1) is 0 Å². The molecule has 5 atom stereocenters. The molecule has 10 nitrogen and oxygen atoms in total. The molecule has 41 heavy (non-hydrogen) atoms. The molecular weight excluding hydrogens is 516 g/mol. The zero-order chi connectivity index (χ0) is 28.1. The normalized spacial score (nSPS) is 25.4. The molecule has 0 bridgehead atoms. The molecular formula is C31H34N8O2. The minimum atomic E-state index is 0.184. The number of aromatic amines is 2. The third-order valence-electron chi connectivity index (χ3n) is 9.05. The summed E-state index contributed by atoms with van der Waals surface area (Å²) in [5, 5.41) is 0. The van der Waals surface area contributed by atoms with Crippen LogP contribution in [-0.4, -0.2) is 52.1 Å². The van der Waals surface area contributed by atoms with Gasteiger partial charge in [0.25, 0.3) is 0 Å². The molecule has 6 heterocycles. The Labute approximate surface area is 236 Å². The van der Waals surface area contributed by atoms with Crippen LogP contribution in [0.3, 0.4) is 0 Å². The third-order valence-corrected chi connectivity index (χ3v) is 9.05. The van der Waals surface area contributed by atoms with E-state index in [9.17, 15) is 4.79 Å². The van der Waals surface area contributed by atoms with Gasteiger partial charge in [0.2, 0.25) is 0 Å². The highest BCUT2D eigenvalue weighted by atomic mass is 16.5. The van der Waals surface area contributed by atoms with Crippen molar-refractivity contribution >= 4 is 39.9 Å². The Balaban J connectivity index is 0.000000135. The Hall–Kier alpha value is -4.47. The van der Waals surface area contributed by atoms with Crippen LogP contribution in [0.25, 0.3) is 33.6 Å². The van der Waals surface area contributed by atoms with Crippen molar-refractivity contribution in [1.82, 2.24) is 38.7 Å². The average Bonchev–Trinajstić information content (AvgIpc) is 3.80. The molecule has 2 N–H and O–H groups in total. The molecule has 0 spiro atoms. The molecule has 210 valence electrons. The molecule has 0 aliphatic heterocycles. The molecule has 8 rings (SSSR count). The van der Waals surface area contributed by atoms with E-state index in [2.05, 4.69) is 58.6 Å². The zero-order valence-corrected chi connectivity index (χ0v) is 23.5. The summed E-state index contributed by atoms with van der Waals surface area (Å²) in [6, 6.07) is 4.09. The lowest BCUT2D eigenvalue weighted by Crippen LogP contribution is -2.06. The van der Waals surface area contributed by atoms with E-state index in [0.717, 1.165) is 65.6 Å². The summed E-state index contributed by atoms with van der Waals surface area (Å²) in [6.45, 7) is 4.53. The molecule has 10 heteroatoms. The van der Waals surface area contributed by atoms with Crippen molar-refractivity contribution in [2.45, 2.75) is 51.4 Å². The zero-order valence-electron chi connectivity index (χ0n) is 23.5. The van der Waals surface area contributed by atoms with Crippen molar-refractivity contribution in [3.63, 3.8) is 0 Å². The maximum absolute atomic E-state index is 11.1. The van der Waals surface area contributed by atoms with Gasteiger partial charge in [-0.2, -0.15) is 0 Å². The fourth-order valence-corrected chi connectivity index (χ4v) is 7.11. The number of hydrogen-bond acceptors (Lipinski definition) is 6. The first kappa shape index (κ1) is 25.5. The van der Waals surface area contributed by atoms with Gasteiger partial charge in [-0.3, -0.25) is 8.80 Å². The van der Waals surface area contributed by atoms with Gasteiger partial charge in [0.05, 0.1) is 36.8 Å². The predicted octanol–water partition coefficient (Wildman–Crippen LogP) is 5.79. The number of ether oxygens (including phenoxy) is 1. The minimum absolute atomic E-state index is 0.184. The van der Waals surface area contributed by atoms with Crippen LogP contribution in [-0.2, 0) is 9.53 Å². The highest BCUT2D eigenvalue weighted by Crippen LogP contribution is 2.44. The summed E-state index contributed by atoms with van der Waals surface area (Å²) in [7, 11) is 1.72. The lowest BCUT2D eigenvalue weighted by molar-refractivity contribution is -0.111. The molecule has 0 amide bonds. The summed E-state index contributed by atoms with van der Waals surface area (Å²) in [5.41, 5.74) is 9.54. The smallest absolute Gasteiger partial charge is 0.156 e. The lowest BCUT2D eigenvalue weighted by Gasteiger charge is -2.15. The molecule has 2 fully saturated rings. The van der Waals surface area contributed by atoms with Crippen LogP contribution in [0.1, 0.15) is 62.8 Å². The predicted molar refractivity (Wildman–Crippen MR) is 157 cm³/mol. The number of rotatable bonds is 4. The number of carbonyl (C=O) groups is 1. The summed E-state index contributed by atoms with van der Waals surface area (Å²) in [4.78, 5) is 35.1. The van der Waals surface area contributed by atoms with Crippen molar-refractivity contribution in [2.24, 2.45) is 17.8 Å². The third kappa shape index (κ3) is 4.29. The van der Waals surface area contributed by atoms with E-state index in [1.165, 1.54) is 17.0 Å². The minimum Gasteiger partial charge on any atom is -0.504 e. The maximum Gasteiger partial charge on any atom is 0.156 e. The van der Waals surface area contributed by atoms with Crippen molar-refractivity contribution in [3.05, 3.63) is 72.5 Å². The number of methoxy groups -OCH3 is 1. The molecule has 0 aromatic carbocycles. The van der Waals surface area contributed by atoms with E-state index in [1.54, 1.807) is 13.3 Å². The highest BCUT2D eigenvalue weighted by molar-refractivity contribution is 5.75. The number of hydrogen-bond donors (Lipinski definition) is 2. The first-order chi connectivity index (χ1) is 20.1. The van der Waals surface area contributed by atoms with Gasteiger partial charge in [-0.05, 0) is 55.2 Å². The topological polar surface area (TPSA) is 118 Å². The Morgan fingerprint density at radius 3 is 1.98 bits per heavy atom. The van der Waals surface area contributed by atoms with Crippen molar-refractivity contribution in [2.75, 3.05) is 7.11 Å². The van der Waals surface area contributed by atoms with Gasteiger partial charge in [0, 0.05) is 53.9 Å². The maximum atomic E-state index is 11.1. The van der Waals surface area contributed by atoms with Crippen molar-refractivity contribution < 1.29 is 9.53 Å². The average molecular weight is 551 g/mol. The Bertz CT molecular complexity index is 1890. The number of nitrogens with one attached hydrogen (secondary N) is 2. The Morgan fingerprint density at radius 2 is 1.41 bits per heavy atom. The fraction of sp³-hybridized carbons (Fsp3) is 0.387. The summed E-state index contributed by atoms with van der Waals surface area (Å²) >= 11 is 0. The first-order valence-corrected chi connectivity index (χ1v) is 14.3. The van der Waals surface area contributed by atoms with Crippen LogP contribution in [0.5, 0.6) is 0 Å². The van der Waals surface area contributed by atoms with Crippen LogP contribution >= 0.6 is 0 Å². The number of carbonyl (C=O) groups excluding carboxylic acids is 1. The number of imidazole rings is 2. The van der Waals surface area contributed by atoms with E-state index in [1.807, 2.05) is 43.3 Å². The van der Waals surface area contributed by atoms with Gasteiger partial charge >= 0.3 is 0 Å². The van der Waals surface area contributed by atoms with Crippen LogP contribution in [0, 0.1) is 17.8 Å². The monoisotopic (exact) mass is 550 g/mol. The molecule has 0 radical (unpaired) electrons. The van der Waals surface area contributed by atoms with E-state index in [0.29, 0.717) is 23.7 Å². The summed E-state index contributed by atoms with van der Waals surface area (Å²) in [5.74, 6) is 2.15. The van der Waals surface area contributed by atoms with Crippen LogP contribution in [0.15, 0.2) is 61.1 Å². The van der Waals surface area contributed by atoms with E-state index in [4.69, 9.17) is 4.74 Å². The molecule has 2 saturated carbocycles. The number of H-pyrrole nitrogens is 2. The second-order valence-electron chi connectivity index (χ2n) is 11.6. The lowest BCUT2D eigenvalue weighted by atomic mass is 9.95. The van der Waals surface area contributed by atoms with Gasteiger partial charge in [0.1, 0.15) is 6.29 Å². The van der Waals surface area contributed by atoms with E-state index in [-0.39, 0.29) is 5.92 Å². The fourth-order valence-electron chi connectivity index (χ4n) is 7.11. The standard InChI is InChI=1S/C16H18N4O.C15H16N4O/c1-10-5-11(9-21-2)6-12(10)14-7-18-15-8-19-16-13(20(14)15)3-4-17-16;1-9-4-10(8-20)5-11(9)13-6-17-14-7-18-15-12(19(13)14)2-3-16-15/h3-4,7-10,12,17H,5-6H2,1-2H3;2-3,6-11,16H,4-5H2,1H3. The van der Waals surface area contributed by atoms with Crippen LogP contribution in [0.4, 0.5) is 0 Å². The Kier molecular flexibility index (Phi) is 6.33. The molecule has 2 aliphatic carbocycles. The number of aldehydes is 1. The SMILES string of the molecule is CC1CC(C=O)CC1c1cnc2cnc3[nH]ccc3n12.COC=C1CC(C)C(c2cnc3cnc4[nH]ccc4n23)C1. The number of allylic oxidation sites excluding steroid dienone is 1. The highest BCUT2D eigenvalue weighted by Gasteiger charge is 2.34. The van der Waals surface area contributed by atoms with Gasteiger partial charge in [-0.25, -0.2) is 19.9 Å². The number of nitrogens with zero attached hydrogens (tertiary/aromatic N) is 6. The summed E-state index contributed by atoms with van der Waals surface area (Å²) < 4.78 is 9.59. The summed E-state index contributed by atoms with van der Waals surface area (Å²) in [6.07, 6.45) is 18.4. The van der Waals surface area contributed by atoms with Crippen molar-refractivity contribution in [3.8, 4) is 0 Å². The van der Waals surface area contributed by atoms with Crippen molar-refractivity contribution in [1.29, 1.82) is 0 Å². The molecule has 0 saturated heterocycles. The molecule has 2 aliphatic rings. The van der Waals surface area contributed by atoms with Gasteiger partial charge in [0.15, 0.2) is 22.6 Å². The van der Waals surface area contributed by atoms with E-state index < -0.39 is 0 Å². The first-order valence-electron chi connectivity index (χ1n) is 14.3.